The van der Waals surface area contributed by atoms with E-state index in [-0.39, 0.29) is 0 Å². The molecule has 0 aliphatic carbocycles. The number of thioether (sulfide) groups is 1. The largest absolute Gasteiger partial charge is 0.378 e. The summed E-state index contributed by atoms with van der Waals surface area (Å²) >= 11 is 1.70. The van der Waals surface area contributed by atoms with Gasteiger partial charge >= 0.3 is 0 Å². The minimum atomic E-state index is 0.636. The monoisotopic (exact) mass is 324 g/mol. The average molecular weight is 324 g/mol. The minimum absolute atomic E-state index is 0.636. The van der Waals surface area contributed by atoms with Crippen molar-refractivity contribution >= 4 is 17.4 Å². The third kappa shape index (κ3) is 3.56. The molecule has 5 heteroatoms. The molecule has 0 radical (unpaired) electrons. The fourth-order valence-corrected chi connectivity index (χ4v) is 3.12. The Kier molecular flexibility index (Phi) is 4.98. The van der Waals surface area contributed by atoms with Gasteiger partial charge in [0.25, 0.3) is 0 Å². The van der Waals surface area contributed by atoms with Crippen LogP contribution in [-0.4, -0.2) is 20.5 Å². The first-order valence-corrected chi connectivity index (χ1v) is 8.70. The highest BCUT2D eigenvalue weighted by atomic mass is 32.2. The second-order valence-electron chi connectivity index (χ2n) is 5.17. The molecule has 0 saturated carbocycles. The van der Waals surface area contributed by atoms with Crippen LogP contribution in [0.3, 0.4) is 0 Å². The number of para-hydroxylation sites is 2. The first kappa shape index (κ1) is 15.6. The Balaban J connectivity index is 1.89. The van der Waals surface area contributed by atoms with Crippen LogP contribution < -0.4 is 5.32 Å². The lowest BCUT2D eigenvalue weighted by Crippen LogP contribution is -2.09. The van der Waals surface area contributed by atoms with Crippen LogP contribution in [0.4, 0.5) is 5.69 Å². The molecule has 0 saturated heterocycles. The number of hydrogen-bond acceptors (Lipinski definition) is 4. The van der Waals surface area contributed by atoms with E-state index < -0.39 is 0 Å². The molecule has 0 bridgehead atoms. The molecule has 1 N–H and O–H groups in total. The summed E-state index contributed by atoms with van der Waals surface area (Å²) in [4.78, 5) is 0. The SMILES string of the molecule is CCSc1nnc(CNc2ccccc2C)n1-c1ccccc1. The lowest BCUT2D eigenvalue weighted by atomic mass is 10.2. The Morgan fingerprint density at radius 1 is 1.00 bits per heavy atom. The van der Waals surface area contributed by atoms with E-state index in [2.05, 4.69) is 58.2 Å². The van der Waals surface area contributed by atoms with Crippen molar-refractivity contribution in [1.82, 2.24) is 14.8 Å². The molecule has 3 rings (SSSR count). The zero-order chi connectivity index (χ0) is 16.1. The molecule has 118 valence electrons. The number of benzene rings is 2. The maximum atomic E-state index is 4.39. The van der Waals surface area contributed by atoms with Crippen LogP contribution in [-0.2, 0) is 6.54 Å². The van der Waals surface area contributed by atoms with Crippen molar-refractivity contribution in [3.05, 3.63) is 66.0 Å². The van der Waals surface area contributed by atoms with Gasteiger partial charge in [-0.25, -0.2) is 0 Å². The van der Waals surface area contributed by atoms with Gasteiger partial charge in [-0.2, -0.15) is 0 Å². The summed E-state index contributed by atoms with van der Waals surface area (Å²) in [5, 5.41) is 13.1. The van der Waals surface area contributed by atoms with Crippen LogP contribution in [0.25, 0.3) is 5.69 Å². The molecule has 0 unspecified atom stereocenters. The molecule has 4 nitrogen and oxygen atoms in total. The van der Waals surface area contributed by atoms with Crippen molar-refractivity contribution in [2.45, 2.75) is 25.5 Å². The Morgan fingerprint density at radius 2 is 1.74 bits per heavy atom. The summed E-state index contributed by atoms with van der Waals surface area (Å²) in [5.41, 5.74) is 3.44. The Hall–Kier alpha value is -2.27. The summed E-state index contributed by atoms with van der Waals surface area (Å²) in [5.74, 6) is 1.88. The van der Waals surface area contributed by atoms with Crippen molar-refractivity contribution in [1.29, 1.82) is 0 Å². The van der Waals surface area contributed by atoms with Crippen LogP contribution in [0.5, 0.6) is 0 Å². The number of anilines is 1. The molecule has 2 aromatic carbocycles. The van der Waals surface area contributed by atoms with E-state index in [4.69, 9.17) is 0 Å². The smallest absolute Gasteiger partial charge is 0.195 e. The summed E-state index contributed by atoms with van der Waals surface area (Å²) in [6.45, 7) is 4.86. The predicted octanol–water partition coefficient (Wildman–Crippen LogP) is 4.30. The molecule has 3 aromatic rings. The zero-order valence-corrected chi connectivity index (χ0v) is 14.2. The van der Waals surface area contributed by atoms with Crippen molar-refractivity contribution in [2.24, 2.45) is 0 Å². The first-order chi connectivity index (χ1) is 11.3. The van der Waals surface area contributed by atoms with Crippen LogP contribution >= 0.6 is 11.8 Å². The van der Waals surface area contributed by atoms with Gasteiger partial charge in [-0.05, 0) is 36.4 Å². The van der Waals surface area contributed by atoms with Gasteiger partial charge in [0.05, 0.1) is 6.54 Å². The third-order valence-corrected chi connectivity index (χ3v) is 4.38. The molecule has 0 atom stereocenters. The molecule has 0 spiro atoms. The van der Waals surface area contributed by atoms with E-state index in [1.54, 1.807) is 11.8 Å². The van der Waals surface area contributed by atoms with E-state index in [1.807, 2.05) is 30.3 Å². The normalized spacial score (nSPS) is 10.7. The fraction of sp³-hybridized carbons (Fsp3) is 0.222. The van der Waals surface area contributed by atoms with E-state index >= 15 is 0 Å². The lowest BCUT2D eigenvalue weighted by molar-refractivity contribution is 0.841. The molecule has 0 amide bonds. The second kappa shape index (κ2) is 7.33. The highest BCUT2D eigenvalue weighted by molar-refractivity contribution is 7.99. The Bertz CT molecular complexity index is 768. The van der Waals surface area contributed by atoms with Gasteiger partial charge in [-0.15, -0.1) is 10.2 Å². The van der Waals surface area contributed by atoms with Crippen molar-refractivity contribution in [3.63, 3.8) is 0 Å². The number of nitrogens with zero attached hydrogens (tertiary/aromatic N) is 3. The van der Waals surface area contributed by atoms with E-state index in [9.17, 15) is 0 Å². The van der Waals surface area contributed by atoms with Gasteiger partial charge in [-0.1, -0.05) is 55.1 Å². The predicted molar refractivity (Wildman–Crippen MR) is 96.3 cm³/mol. The number of aryl methyl sites for hydroxylation is 1. The second-order valence-corrected chi connectivity index (χ2v) is 6.40. The summed E-state index contributed by atoms with van der Waals surface area (Å²) in [7, 11) is 0. The Morgan fingerprint density at radius 3 is 2.48 bits per heavy atom. The highest BCUT2D eigenvalue weighted by Gasteiger charge is 2.13. The standard InChI is InChI=1S/C18H20N4S/c1-3-23-18-21-20-17(22(18)15-10-5-4-6-11-15)13-19-16-12-8-7-9-14(16)2/h4-12,19H,3,13H2,1-2H3. The van der Waals surface area contributed by atoms with E-state index in [0.29, 0.717) is 6.54 Å². The van der Waals surface area contributed by atoms with Gasteiger partial charge in [0.15, 0.2) is 11.0 Å². The summed E-state index contributed by atoms with van der Waals surface area (Å²) in [6.07, 6.45) is 0. The Labute approximate surface area is 141 Å². The van der Waals surface area contributed by atoms with Gasteiger partial charge in [0, 0.05) is 11.4 Å². The van der Waals surface area contributed by atoms with Crippen LogP contribution in [0, 0.1) is 6.92 Å². The number of aromatic nitrogens is 3. The van der Waals surface area contributed by atoms with Gasteiger partial charge in [-0.3, -0.25) is 4.57 Å². The first-order valence-electron chi connectivity index (χ1n) is 7.71. The van der Waals surface area contributed by atoms with Crippen LogP contribution in [0.1, 0.15) is 18.3 Å². The number of rotatable bonds is 6. The lowest BCUT2D eigenvalue weighted by Gasteiger charge is -2.12. The molecular weight excluding hydrogens is 304 g/mol. The molecule has 1 aromatic heterocycles. The maximum Gasteiger partial charge on any atom is 0.195 e. The number of hydrogen-bond donors (Lipinski definition) is 1. The quantitative estimate of drug-likeness (QED) is 0.687. The van der Waals surface area contributed by atoms with Crippen molar-refractivity contribution in [2.75, 3.05) is 11.1 Å². The molecule has 0 fully saturated rings. The summed E-state index contributed by atoms with van der Waals surface area (Å²) < 4.78 is 2.12. The fourth-order valence-electron chi connectivity index (χ4n) is 2.42. The highest BCUT2D eigenvalue weighted by Crippen LogP contribution is 2.22. The summed E-state index contributed by atoms with van der Waals surface area (Å²) in [6, 6.07) is 18.5. The van der Waals surface area contributed by atoms with Crippen molar-refractivity contribution in [3.8, 4) is 5.69 Å². The van der Waals surface area contributed by atoms with Gasteiger partial charge in [0.1, 0.15) is 0 Å². The molecular formula is C18H20N4S. The van der Waals surface area contributed by atoms with Crippen LogP contribution in [0.15, 0.2) is 59.8 Å². The van der Waals surface area contributed by atoms with Gasteiger partial charge < -0.3 is 5.32 Å². The number of nitrogens with one attached hydrogen (secondary N) is 1. The molecule has 23 heavy (non-hydrogen) atoms. The van der Waals surface area contributed by atoms with E-state index in [0.717, 1.165) is 28.1 Å². The third-order valence-electron chi connectivity index (χ3n) is 3.57. The molecule has 0 aliphatic rings. The maximum absolute atomic E-state index is 4.39. The minimum Gasteiger partial charge on any atom is -0.378 e. The molecule has 0 aliphatic heterocycles. The zero-order valence-electron chi connectivity index (χ0n) is 13.4. The van der Waals surface area contributed by atoms with Crippen LogP contribution in [0.2, 0.25) is 0 Å². The van der Waals surface area contributed by atoms with E-state index in [1.165, 1.54) is 5.56 Å². The average Bonchev–Trinajstić information content (AvgIpc) is 2.98. The topological polar surface area (TPSA) is 42.7 Å². The molecule has 1 heterocycles. The van der Waals surface area contributed by atoms with Gasteiger partial charge in [0.2, 0.25) is 0 Å². The van der Waals surface area contributed by atoms with Crippen molar-refractivity contribution < 1.29 is 0 Å².